The van der Waals surface area contributed by atoms with E-state index in [0.717, 1.165) is 10.8 Å². The molecule has 0 atom stereocenters. The Hall–Kier alpha value is -2.59. The van der Waals surface area contributed by atoms with Crippen molar-refractivity contribution in [1.29, 1.82) is 0 Å². The molecule has 0 unspecified atom stereocenters. The molecule has 0 fully saturated rings. The van der Waals surface area contributed by atoms with Gasteiger partial charge in [0, 0.05) is 33.4 Å². The van der Waals surface area contributed by atoms with Crippen LogP contribution < -0.4 is 11.1 Å². The summed E-state index contributed by atoms with van der Waals surface area (Å²) in [4.78, 5) is 16.5. The third-order valence-electron chi connectivity index (χ3n) is 3.16. The number of amides is 1. The predicted molar refractivity (Wildman–Crippen MR) is 85.6 cm³/mol. The van der Waals surface area contributed by atoms with E-state index in [1.807, 2.05) is 6.07 Å². The summed E-state index contributed by atoms with van der Waals surface area (Å²) < 4.78 is 0. The number of nitrogens with two attached hydrogens (primary N) is 1. The maximum Gasteiger partial charge on any atom is 0.274 e. The zero-order valence-corrected chi connectivity index (χ0v) is 11.8. The molecular formula is C16H12ClN3O. The second-order valence-electron chi connectivity index (χ2n) is 4.56. The lowest BCUT2D eigenvalue weighted by molar-refractivity contribution is 0.102. The Kier molecular flexibility index (Phi) is 3.46. The Balaban J connectivity index is 1.98. The van der Waals surface area contributed by atoms with Gasteiger partial charge < -0.3 is 11.1 Å². The van der Waals surface area contributed by atoms with Crippen molar-refractivity contribution in [3.63, 3.8) is 0 Å². The first-order valence-electron chi connectivity index (χ1n) is 6.35. The molecule has 5 heteroatoms. The smallest absolute Gasteiger partial charge is 0.274 e. The zero-order chi connectivity index (χ0) is 14.8. The predicted octanol–water partition coefficient (Wildman–Crippen LogP) is 3.72. The number of aromatic nitrogens is 1. The van der Waals surface area contributed by atoms with Crippen LogP contribution in [0.5, 0.6) is 0 Å². The van der Waals surface area contributed by atoms with E-state index in [1.54, 1.807) is 48.7 Å². The standard InChI is InChI=1S/C16H12ClN3O/c17-10-4-6-11(7-5-10)20-16(21)15-13-2-1-3-14(18)12(13)8-9-19-15/h1-9H,18H2,(H,20,21). The van der Waals surface area contributed by atoms with E-state index in [9.17, 15) is 4.79 Å². The molecule has 0 spiro atoms. The van der Waals surface area contributed by atoms with Gasteiger partial charge in [0.25, 0.3) is 5.91 Å². The highest BCUT2D eigenvalue weighted by atomic mass is 35.5. The van der Waals surface area contributed by atoms with Crippen LogP contribution in [0.15, 0.2) is 54.7 Å². The highest BCUT2D eigenvalue weighted by Gasteiger charge is 2.12. The molecule has 1 amide bonds. The number of nitrogen functional groups attached to an aromatic ring is 1. The SMILES string of the molecule is Nc1cccc2c(C(=O)Nc3ccc(Cl)cc3)nccc12. The van der Waals surface area contributed by atoms with E-state index in [2.05, 4.69) is 10.3 Å². The van der Waals surface area contributed by atoms with Crippen LogP contribution in [0.4, 0.5) is 11.4 Å². The summed E-state index contributed by atoms with van der Waals surface area (Å²) in [6.07, 6.45) is 1.58. The van der Waals surface area contributed by atoms with Crippen LogP contribution in [0.25, 0.3) is 10.8 Å². The number of rotatable bonds is 2. The van der Waals surface area contributed by atoms with Gasteiger partial charge in [0.2, 0.25) is 0 Å². The minimum Gasteiger partial charge on any atom is -0.398 e. The Morgan fingerprint density at radius 2 is 1.81 bits per heavy atom. The van der Waals surface area contributed by atoms with E-state index in [-0.39, 0.29) is 5.91 Å². The Morgan fingerprint density at radius 3 is 2.57 bits per heavy atom. The number of pyridine rings is 1. The first-order valence-corrected chi connectivity index (χ1v) is 6.73. The average Bonchev–Trinajstić information content (AvgIpc) is 2.49. The van der Waals surface area contributed by atoms with Crippen molar-refractivity contribution in [2.75, 3.05) is 11.1 Å². The van der Waals surface area contributed by atoms with Gasteiger partial charge in [-0.25, -0.2) is 0 Å². The molecule has 4 nitrogen and oxygen atoms in total. The van der Waals surface area contributed by atoms with Crippen molar-refractivity contribution in [3.05, 3.63) is 65.4 Å². The van der Waals surface area contributed by atoms with Gasteiger partial charge in [0.05, 0.1) is 0 Å². The fourth-order valence-electron chi connectivity index (χ4n) is 2.14. The van der Waals surface area contributed by atoms with E-state index in [0.29, 0.717) is 22.1 Å². The first-order chi connectivity index (χ1) is 10.1. The summed E-state index contributed by atoms with van der Waals surface area (Å²) >= 11 is 5.82. The van der Waals surface area contributed by atoms with E-state index in [4.69, 9.17) is 17.3 Å². The fraction of sp³-hybridized carbons (Fsp3) is 0. The highest BCUT2D eigenvalue weighted by Crippen LogP contribution is 2.23. The van der Waals surface area contributed by atoms with Crippen LogP contribution in [0, 0.1) is 0 Å². The second kappa shape index (κ2) is 5.42. The molecule has 1 aromatic heterocycles. The molecule has 3 rings (SSSR count). The van der Waals surface area contributed by atoms with Crippen LogP contribution >= 0.6 is 11.6 Å². The summed E-state index contributed by atoms with van der Waals surface area (Å²) in [6.45, 7) is 0. The lowest BCUT2D eigenvalue weighted by Crippen LogP contribution is -2.14. The summed E-state index contributed by atoms with van der Waals surface area (Å²) in [7, 11) is 0. The summed E-state index contributed by atoms with van der Waals surface area (Å²) in [5.41, 5.74) is 7.54. The largest absolute Gasteiger partial charge is 0.398 e. The van der Waals surface area contributed by atoms with Crippen molar-refractivity contribution in [1.82, 2.24) is 4.98 Å². The molecule has 3 N–H and O–H groups in total. The van der Waals surface area contributed by atoms with Crippen molar-refractivity contribution >= 4 is 39.7 Å². The number of hydrogen-bond donors (Lipinski definition) is 2. The molecule has 3 aromatic rings. The number of hydrogen-bond acceptors (Lipinski definition) is 3. The Morgan fingerprint density at radius 1 is 1.05 bits per heavy atom. The number of carbonyl (C=O) groups excluding carboxylic acids is 1. The molecule has 0 saturated carbocycles. The van der Waals surface area contributed by atoms with Crippen LogP contribution in [0.2, 0.25) is 5.02 Å². The van der Waals surface area contributed by atoms with Crippen LogP contribution in [0.3, 0.4) is 0 Å². The summed E-state index contributed by atoms with van der Waals surface area (Å²) in [6, 6.07) is 14.1. The van der Waals surface area contributed by atoms with Gasteiger partial charge in [-0.15, -0.1) is 0 Å². The van der Waals surface area contributed by atoms with Gasteiger partial charge in [-0.1, -0.05) is 23.7 Å². The minimum atomic E-state index is -0.284. The van der Waals surface area contributed by atoms with Gasteiger partial charge in [-0.3, -0.25) is 9.78 Å². The number of carbonyl (C=O) groups is 1. The molecule has 0 aliphatic heterocycles. The molecule has 0 radical (unpaired) electrons. The Bertz CT molecular complexity index is 815. The molecule has 0 aliphatic rings. The molecule has 21 heavy (non-hydrogen) atoms. The van der Waals surface area contributed by atoms with Gasteiger partial charge in [-0.05, 0) is 36.4 Å². The van der Waals surface area contributed by atoms with Gasteiger partial charge in [-0.2, -0.15) is 0 Å². The van der Waals surface area contributed by atoms with Gasteiger partial charge in [0.1, 0.15) is 5.69 Å². The molecule has 0 bridgehead atoms. The number of anilines is 2. The number of halogens is 1. The molecule has 104 valence electrons. The molecule has 2 aromatic carbocycles. The van der Waals surface area contributed by atoms with Gasteiger partial charge >= 0.3 is 0 Å². The quantitative estimate of drug-likeness (QED) is 0.708. The van der Waals surface area contributed by atoms with E-state index in [1.165, 1.54) is 0 Å². The third kappa shape index (κ3) is 2.66. The molecule has 1 heterocycles. The maximum atomic E-state index is 12.4. The first kappa shape index (κ1) is 13.4. The average molecular weight is 298 g/mol. The fourth-order valence-corrected chi connectivity index (χ4v) is 2.26. The van der Waals surface area contributed by atoms with E-state index >= 15 is 0 Å². The third-order valence-corrected chi connectivity index (χ3v) is 3.41. The molecule has 0 saturated heterocycles. The second-order valence-corrected chi connectivity index (χ2v) is 5.00. The van der Waals surface area contributed by atoms with Crippen molar-refractivity contribution in [2.45, 2.75) is 0 Å². The van der Waals surface area contributed by atoms with Crippen LogP contribution in [0.1, 0.15) is 10.5 Å². The summed E-state index contributed by atoms with van der Waals surface area (Å²) in [5.74, 6) is -0.284. The Labute approximate surface area is 126 Å². The van der Waals surface area contributed by atoms with Gasteiger partial charge in [0.15, 0.2) is 0 Å². The summed E-state index contributed by atoms with van der Waals surface area (Å²) in [5, 5.41) is 4.95. The lowest BCUT2D eigenvalue weighted by atomic mass is 10.1. The number of nitrogens with zero attached hydrogens (tertiary/aromatic N) is 1. The van der Waals surface area contributed by atoms with Crippen LogP contribution in [-0.4, -0.2) is 10.9 Å². The van der Waals surface area contributed by atoms with Crippen molar-refractivity contribution in [3.8, 4) is 0 Å². The normalized spacial score (nSPS) is 10.5. The minimum absolute atomic E-state index is 0.284. The molecular weight excluding hydrogens is 286 g/mol. The van der Waals surface area contributed by atoms with Crippen molar-refractivity contribution < 1.29 is 4.79 Å². The van der Waals surface area contributed by atoms with E-state index < -0.39 is 0 Å². The zero-order valence-electron chi connectivity index (χ0n) is 11.0. The number of fused-ring (bicyclic) bond motifs is 1. The molecule has 0 aliphatic carbocycles. The number of nitrogens with one attached hydrogen (secondary N) is 1. The van der Waals surface area contributed by atoms with Crippen molar-refractivity contribution in [2.24, 2.45) is 0 Å². The lowest BCUT2D eigenvalue weighted by Gasteiger charge is -2.08. The highest BCUT2D eigenvalue weighted by molar-refractivity contribution is 6.30. The number of benzene rings is 2. The monoisotopic (exact) mass is 297 g/mol. The topological polar surface area (TPSA) is 68.0 Å². The van der Waals surface area contributed by atoms with Crippen LogP contribution in [-0.2, 0) is 0 Å². The maximum absolute atomic E-state index is 12.4.